The number of hydrogen-bond donors (Lipinski definition) is 0. The molecule has 1 nitrogen and oxygen atoms in total. The van der Waals surface area contributed by atoms with E-state index in [2.05, 4.69) is 39.0 Å². The fourth-order valence-electron chi connectivity index (χ4n) is 1.68. The molecule has 0 atom stereocenters. The van der Waals surface area contributed by atoms with E-state index in [4.69, 9.17) is 4.74 Å². The molecule has 0 saturated carbocycles. The van der Waals surface area contributed by atoms with Crippen molar-refractivity contribution in [2.24, 2.45) is 0 Å². The molecule has 0 N–H and O–H groups in total. The van der Waals surface area contributed by atoms with Gasteiger partial charge < -0.3 is 4.74 Å². The second kappa shape index (κ2) is 4.43. The monoisotopic (exact) mass is 177 g/mol. The van der Waals surface area contributed by atoms with Gasteiger partial charge in [0.2, 0.25) is 0 Å². The fourth-order valence-corrected chi connectivity index (χ4v) is 1.68. The quantitative estimate of drug-likeness (QED) is 0.688. The van der Waals surface area contributed by atoms with Gasteiger partial charge in [-0.05, 0) is 37.0 Å². The van der Waals surface area contributed by atoms with Crippen LogP contribution in [-0.4, -0.2) is 7.11 Å². The zero-order chi connectivity index (χ0) is 9.84. The lowest BCUT2D eigenvalue weighted by Crippen LogP contribution is -2.05. The van der Waals surface area contributed by atoms with E-state index in [-0.39, 0.29) is 0 Å². The van der Waals surface area contributed by atoms with Crippen molar-refractivity contribution in [2.45, 2.75) is 27.2 Å². The molecule has 0 spiro atoms. The summed E-state index contributed by atoms with van der Waals surface area (Å²) >= 11 is 0. The van der Waals surface area contributed by atoms with Crippen molar-refractivity contribution in [3.05, 3.63) is 41.0 Å². The summed E-state index contributed by atoms with van der Waals surface area (Å²) in [5.41, 5.74) is 3.85. The number of rotatable bonds is 3. The van der Waals surface area contributed by atoms with Crippen LogP contribution in [0.25, 0.3) is 0 Å². The molecular weight excluding hydrogens is 160 g/mol. The standard InChI is InChI=1S/C12H17O/c1-5-11(13-4)12-9(2)7-6-8-10(12)3/h6-8H,5H2,1-4H3. The fraction of sp³-hybridized carbons (Fsp3) is 0.417. The summed E-state index contributed by atoms with van der Waals surface area (Å²) in [5, 5.41) is 0. The van der Waals surface area contributed by atoms with Crippen LogP contribution in [0.1, 0.15) is 30.0 Å². The SMILES string of the molecule is CC[C](OC)c1c(C)cccc1C. The maximum Gasteiger partial charge on any atom is 0.126 e. The molecule has 1 heteroatoms. The van der Waals surface area contributed by atoms with Crippen molar-refractivity contribution in [1.82, 2.24) is 0 Å². The van der Waals surface area contributed by atoms with E-state index >= 15 is 0 Å². The minimum Gasteiger partial charge on any atom is -0.370 e. The van der Waals surface area contributed by atoms with Gasteiger partial charge in [-0.3, -0.25) is 0 Å². The average molecular weight is 177 g/mol. The van der Waals surface area contributed by atoms with Gasteiger partial charge in [-0.15, -0.1) is 0 Å². The number of hydrogen-bond acceptors (Lipinski definition) is 1. The molecule has 13 heavy (non-hydrogen) atoms. The van der Waals surface area contributed by atoms with Gasteiger partial charge in [0, 0.05) is 7.11 Å². The third-order valence-electron chi connectivity index (χ3n) is 2.33. The third kappa shape index (κ3) is 2.10. The molecule has 1 radical (unpaired) electrons. The molecule has 71 valence electrons. The molecule has 0 saturated heterocycles. The molecule has 1 aromatic carbocycles. The number of ether oxygens (including phenoxy) is 1. The van der Waals surface area contributed by atoms with Crippen LogP contribution in [0.15, 0.2) is 18.2 Å². The zero-order valence-electron chi connectivity index (χ0n) is 8.85. The second-order valence-corrected chi connectivity index (χ2v) is 3.25. The Labute approximate surface area is 80.7 Å². The van der Waals surface area contributed by atoms with Crippen LogP contribution in [0.2, 0.25) is 0 Å². The van der Waals surface area contributed by atoms with Gasteiger partial charge in [-0.25, -0.2) is 0 Å². The molecule has 0 aromatic heterocycles. The lowest BCUT2D eigenvalue weighted by Gasteiger charge is -2.17. The van der Waals surface area contributed by atoms with Crippen molar-refractivity contribution in [3.8, 4) is 0 Å². The maximum atomic E-state index is 5.36. The van der Waals surface area contributed by atoms with Gasteiger partial charge in [-0.2, -0.15) is 0 Å². The highest BCUT2D eigenvalue weighted by Crippen LogP contribution is 2.25. The molecular formula is C12H17O. The van der Waals surface area contributed by atoms with Crippen LogP contribution < -0.4 is 0 Å². The van der Waals surface area contributed by atoms with Crippen LogP contribution in [0, 0.1) is 20.0 Å². The first-order chi connectivity index (χ1) is 6.20. The van der Waals surface area contributed by atoms with E-state index in [0.29, 0.717) is 0 Å². The predicted octanol–water partition coefficient (Wildman–Crippen LogP) is 3.24. The Bertz CT molecular complexity index is 254. The van der Waals surface area contributed by atoms with Crippen molar-refractivity contribution in [3.63, 3.8) is 0 Å². The zero-order valence-corrected chi connectivity index (χ0v) is 8.85. The topological polar surface area (TPSA) is 9.23 Å². The van der Waals surface area contributed by atoms with E-state index in [9.17, 15) is 0 Å². The van der Waals surface area contributed by atoms with Gasteiger partial charge in [-0.1, -0.05) is 25.1 Å². The summed E-state index contributed by atoms with van der Waals surface area (Å²) in [6, 6.07) is 6.32. The van der Waals surface area contributed by atoms with E-state index in [0.717, 1.165) is 12.5 Å². The summed E-state index contributed by atoms with van der Waals surface area (Å²) in [7, 11) is 1.74. The largest absolute Gasteiger partial charge is 0.370 e. The first-order valence-electron chi connectivity index (χ1n) is 4.67. The molecule has 0 aliphatic carbocycles. The van der Waals surface area contributed by atoms with Crippen LogP contribution in [-0.2, 0) is 4.74 Å². The molecule has 0 aliphatic heterocycles. The Morgan fingerprint density at radius 3 is 2.15 bits per heavy atom. The lowest BCUT2D eigenvalue weighted by molar-refractivity contribution is 0.220. The Hall–Kier alpha value is -0.820. The molecule has 1 aromatic rings. The maximum absolute atomic E-state index is 5.36. The Balaban J connectivity index is 3.10. The molecule has 1 rings (SSSR count). The number of benzene rings is 1. The Morgan fingerprint density at radius 2 is 1.77 bits per heavy atom. The molecule has 0 heterocycles. The van der Waals surface area contributed by atoms with Crippen LogP contribution >= 0.6 is 0 Å². The first kappa shape index (κ1) is 10.3. The molecule has 0 unspecified atom stereocenters. The summed E-state index contributed by atoms with van der Waals surface area (Å²) in [6.45, 7) is 6.36. The highest BCUT2D eigenvalue weighted by Gasteiger charge is 2.13. The van der Waals surface area contributed by atoms with Gasteiger partial charge in [0.1, 0.15) is 6.10 Å². The number of aryl methyl sites for hydroxylation is 2. The van der Waals surface area contributed by atoms with Gasteiger partial charge >= 0.3 is 0 Å². The summed E-state index contributed by atoms with van der Waals surface area (Å²) in [6.07, 6.45) is 2.03. The molecule has 0 aliphatic rings. The van der Waals surface area contributed by atoms with Crippen molar-refractivity contribution in [1.29, 1.82) is 0 Å². The summed E-state index contributed by atoms with van der Waals surface area (Å²) in [4.78, 5) is 0. The minimum absolute atomic E-state index is 0.947. The number of methoxy groups -OCH3 is 1. The Morgan fingerprint density at radius 1 is 1.23 bits per heavy atom. The third-order valence-corrected chi connectivity index (χ3v) is 2.33. The highest BCUT2D eigenvalue weighted by atomic mass is 16.5. The molecule has 0 bridgehead atoms. The highest BCUT2D eigenvalue weighted by molar-refractivity contribution is 5.41. The van der Waals surface area contributed by atoms with Crippen molar-refractivity contribution in [2.75, 3.05) is 7.11 Å². The van der Waals surface area contributed by atoms with E-state index in [1.165, 1.54) is 16.7 Å². The predicted molar refractivity (Wildman–Crippen MR) is 55.6 cm³/mol. The van der Waals surface area contributed by atoms with Crippen molar-refractivity contribution >= 4 is 0 Å². The molecule has 0 fully saturated rings. The van der Waals surface area contributed by atoms with E-state index < -0.39 is 0 Å². The van der Waals surface area contributed by atoms with Gasteiger partial charge in [0.25, 0.3) is 0 Å². The smallest absolute Gasteiger partial charge is 0.126 e. The minimum atomic E-state index is 0.947. The first-order valence-corrected chi connectivity index (χ1v) is 4.67. The van der Waals surface area contributed by atoms with E-state index in [1.807, 2.05) is 0 Å². The normalized spacial score (nSPS) is 10.8. The van der Waals surface area contributed by atoms with Gasteiger partial charge in [0.05, 0.1) is 0 Å². The Kier molecular flexibility index (Phi) is 3.49. The van der Waals surface area contributed by atoms with Gasteiger partial charge in [0.15, 0.2) is 0 Å². The van der Waals surface area contributed by atoms with Crippen LogP contribution in [0.5, 0.6) is 0 Å². The average Bonchev–Trinajstić information content (AvgIpc) is 2.11. The second-order valence-electron chi connectivity index (χ2n) is 3.25. The lowest BCUT2D eigenvalue weighted by atomic mass is 9.96. The van der Waals surface area contributed by atoms with Crippen LogP contribution in [0.3, 0.4) is 0 Å². The van der Waals surface area contributed by atoms with E-state index in [1.54, 1.807) is 7.11 Å². The van der Waals surface area contributed by atoms with Crippen molar-refractivity contribution < 1.29 is 4.74 Å². The summed E-state index contributed by atoms with van der Waals surface area (Å²) in [5.74, 6) is 0. The summed E-state index contributed by atoms with van der Waals surface area (Å²) < 4.78 is 5.36. The molecule has 0 amide bonds. The van der Waals surface area contributed by atoms with Crippen LogP contribution in [0.4, 0.5) is 0 Å².